The van der Waals surface area contributed by atoms with Crippen LogP contribution in [-0.4, -0.2) is 0 Å². The van der Waals surface area contributed by atoms with Crippen molar-refractivity contribution in [2.45, 2.75) is 5.41 Å². The molecule has 2 heteroatoms. The molecule has 1 atom stereocenters. The van der Waals surface area contributed by atoms with Crippen molar-refractivity contribution < 1.29 is 4.42 Å². The van der Waals surface area contributed by atoms with Gasteiger partial charge in [0.1, 0.15) is 11.5 Å². The first-order valence-corrected chi connectivity index (χ1v) is 13.4. The Kier molecular flexibility index (Phi) is 4.36. The fourth-order valence-electron chi connectivity index (χ4n) is 6.64. The van der Waals surface area contributed by atoms with Gasteiger partial charge >= 0.3 is 0 Å². The molecule has 5 aromatic carbocycles. The summed E-state index contributed by atoms with van der Waals surface area (Å²) < 4.78 is 8.07. The molecule has 8 rings (SSSR count). The van der Waals surface area contributed by atoms with Gasteiger partial charge in [-0.15, -0.1) is 0 Å². The Balaban J connectivity index is 1.61. The van der Waals surface area contributed by atoms with Crippen molar-refractivity contribution in [3.8, 4) is 44.9 Å². The van der Waals surface area contributed by atoms with Gasteiger partial charge in [-0.2, -0.15) is 0 Å². The highest BCUT2D eigenvalue weighted by atomic mass is 79.9. The molecule has 0 fully saturated rings. The molecule has 0 amide bonds. The van der Waals surface area contributed by atoms with Gasteiger partial charge < -0.3 is 4.42 Å². The van der Waals surface area contributed by atoms with Gasteiger partial charge in [0, 0.05) is 32.3 Å². The smallest absolute Gasteiger partial charge is 0.142 e. The van der Waals surface area contributed by atoms with Crippen LogP contribution in [0.5, 0.6) is 0 Å². The van der Waals surface area contributed by atoms with Gasteiger partial charge in [-0.25, -0.2) is 0 Å². The Labute approximate surface area is 224 Å². The van der Waals surface area contributed by atoms with E-state index in [2.05, 4.69) is 143 Å². The van der Waals surface area contributed by atoms with E-state index in [1.807, 2.05) is 0 Å². The minimum absolute atomic E-state index is 0.469. The first kappa shape index (κ1) is 21.0. The summed E-state index contributed by atoms with van der Waals surface area (Å²) >= 11 is 3.91. The Morgan fingerprint density at radius 3 is 1.62 bits per heavy atom. The van der Waals surface area contributed by atoms with Crippen molar-refractivity contribution in [3.05, 3.63) is 154 Å². The molecule has 1 heterocycles. The lowest BCUT2D eigenvalue weighted by atomic mass is 9.70. The standard InChI is InChI=1S/C35H21BrO/c36-29-21-11-20-28-30(29)24-16-7-9-18-26(24)35(28)27-19-10-8-17-25(27)31-32(35)34(23-14-5-2-6-15-23)37-33(31)22-12-3-1-4-13-22/h1-21H. The van der Waals surface area contributed by atoms with Crippen LogP contribution in [0.1, 0.15) is 22.3 Å². The molecule has 0 saturated carbocycles. The van der Waals surface area contributed by atoms with E-state index < -0.39 is 5.41 Å². The van der Waals surface area contributed by atoms with E-state index in [0.29, 0.717) is 0 Å². The molecule has 2 aliphatic rings. The molecule has 1 aromatic heterocycles. The van der Waals surface area contributed by atoms with Crippen LogP contribution in [0.2, 0.25) is 0 Å². The maximum absolute atomic E-state index is 6.95. The zero-order valence-electron chi connectivity index (χ0n) is 19.9. The van der Waals surface area contributed by atoms with Gasteiger partial charge in [0.2, 0.25) is 0 Å². The second-order valence-corrected chi connectivity index (χ2v) is 10.6. The average molecular weight is 537 g/mol. The van der Waals surface area contributed by atoms with Gasteiger partial charge in [-0.3, -0.25) is 0 Å². The normalized spacial score (nSPS) is 16.4. The molecule has 1 spiro atoms. The molecule has 1 nitrogen and oxygen atoms in total. The third-order valence-corrected chi connectivity index (χ3v) is 8.63. The van der Waals surface area contributed by atoms with E-state index >= 15 is 0 Å². The van der Waals surface area contributed by atoms with Crippen molar-refractivity contribution in [1.82, 2.24) is 0 Å². The van der Waals surface area contributed by atoms with Gasteiger partial charge in [-0.1, -0.05) is 137 Å². The van der Waals surface area contributed by atoms with E-state index in [-0.39, 0.29) is 0 Å². The molecule has 1 unspecified atom stereocenters. The summed E-state index contributed by atoms with van der Waals surface area (Å²) in [6.07, 6.45) is 0. The van der Waals surface area contributed by atoms with Gasteiger partial charge in [0.15, 0.2) is 0 Å². The molecule has 2 aliphatic carbocycles. The van der Waals surface area contributed by atoms with E-state index in [0.717, 1.165) is 27.1 Å². The van der Waals surface area contributed by atoms with E-state index in [4.69, 9.17) is 4.42 Å². The molecule has 37 heavy (non-hydrogen) atoms. The van der Waals surface area contributed by atoms with Crippen molar-refractivity contribution in [1.29, 1.82) is 0 Å². The fourth-order valence-corrected chi connectivity index (χ4v) is 7.22. The largest absolute Gasteiger partial charge is 0.455 e. The van der Waals surface area contributed by atoms with Crippen molar-refractivity contribution in [3.63, 3.8) is 0 Å². The molecular formula is C35H21BrO. The maximum atomic E-state index is 6.95. The predicted molar refractivity (Wildman–Crippen MR) is 154 cm³/mol. The highest BCUT2D eigenvalue weighted by Gasteiger charge is 2.55. The summed E-state index contributed by atoms with van der Waals surface area (Å²) in [5.74, 6) is 1.87. The molecule has 0 bridgehead atoms. The van der Waals surface area contributed by atoms with Crippen LogP contribution in [0, 0.1) is 0 Å². The lowest BCUT2D eigenvalue weighted by Gasteiger charge is -2.30. The third kappa shape index (κ3) is 2.63. The fraction of sp³-hybridized carbons (Fsp3) is 0.0286. The second-order valence-electron chi connectivity index (χ2n) is 9.75. The lowest BCUT2D eigenvalue weighted by Crippen LogP contribution is -2.26. The average Bonchev–Trinajstić information content (AvgIpc) is 3.59. The van der Waals surface area contributed by atoms with Crippen LogP contribution in [0.15, 0.2) is 136 Å². The van der Waals surface area contributed by atoms with Crippen LogP contribution < -0.4 is 0 Å². The number of halogens is 1. The van der Waals surface area contributed by atoms with Crippen LogP contribution in [0.4, 0.5) is 0 Å². The van der Waals surface area contributed by atoms with Crippen LogP contribution in [-0.2, 0) is 5.41 Å². The van der Waals surface area contributed by atoms with Gasteiger partial charge in [0.05, 0.1) is 5.41 Å². The summed E-state index contributed by atoms with van der Waals surface area (Å²) in [5, 5.41) is 0. The molecule has 0 radical (unpaired) electrons. The SMILES string of the molecule is Brc1cccc2c1-c1ccccc1C21c2ccccc2-c2c(-c3ccccc3)oc(-c3ccccc3)c21. The van der Waals surface area contributed by atoms with E-state index in [9.17, 15) is 0 Å². The molecule has 174 valence electrons. The van der Waals surface area contributed by atoms with E-state index in [1.165, 1.54) is 44.5 Å². The molecule has 0 N–H and O–H groups in total. The Bertz CT molecular complexity index is 1830. The van der Waals surface area contributed by atoms with Crippen molar-refractivity contribution >= 4 is 15.9 Å². The van der Waals surface area contributed by atoms with Crippen LogP contribution in [0.3, 0.4) is 0 Å². The van der Waals surface area contributed by atoms with Crippen LogP contribution >= 0.6 is 15.9 Å². The third-order valence-electron chi connectivity index (χ3n) is 7.97. The number of benzene rings is 5. The monoisotopic (exact) mass is 536 g/mol. The molecular weight excluding hydrogens is 516 g/mol. The summed E-state index contributed by atoms with van der Waals surface area (Å²) in [5.41, 5.74) is 11.8. The zero-order chi connectivity index (χ0) is 24.6. The number of hydrogen-bond donors (Lipinski definition) is 0. The highest BCUT2D eigenvalue weighted by Crippen LogP contribution is 2.67. The highest BCUT2D eigenvalue weighted by molar-refractivity contribution is 9.10. The number of furan rings is 1. The van der Waals surface area contributed by atoms with Crippen LogP contribution in [0.25, 0.3) is 44.9 Å². The molecule has 6 aromatic rings. The number of hydrogen-bond acceptors (Lipinski definition) is 1. The Morgan fingerprint density at radius 2 is 0.973 bits per heavy atom. The number of rotatable bonds is 2. The lowest BCUT2D eigenvalue weighted by molar-refractivity contribution is 0.588. The predicted octanol–water partition coefficient (Wildman–Crippen LogP) is 9.72. The summed E-state index contributed by atoms with van der Waals surface area (Å²) in [6, 6.07) is 45.5. The van der Waals surface area contributed by atoms with Crippen molar-refractivity contribution in [2.75, 3.05) is 0 Å². The topological polar surface area (TPSA) is 13.1 Å². The second kappa shape index (κ2) is 7.68. The summed E-state index contributed by atoms with van der Waals surface area (Å²) in [4.78, 5) is 0. The summed E-state index contributed by atoms with van der Waals surface area (Å²) in [7, 11) is 0. The molecule has 0 aliphatic heterocycles. The van der Waals surface area contributed by atoms with E-state index in [1.54, 1.807) is 0 Å². The van der Waals surface area contributed by atoms with Crippen molar-refractivity contribution in [2.24, 2.45) is 0 Å². The zero-order valence-corrected chi connectivity index (χ0v) is 21.5. The Hall–Kier alpha value is -4.14. The quantitative estimate of drug-likeness (QED) is 0.214. The first-order chi connectivity index (χ1) is 18.3. The van der Waals surface area contributed by atoms with Gasteiger partial charge in [-0.05, 0) is 33.9 Å². The summed E-state index contributed by atoms with van der Waals surface area (Å²) in [6.45, 7) is 0. The minimum Gasteiger partial charge on any atom is -0.455 e. The molecule has 0 saturated heterocycles. The minimum atomic E-state index is -0.469. The first-order valence-electron chi connectivity index (χ1n) is 12.6. The maximum Gasteiger partial charge on any atom is 0.142 e. The number of fused-ring (bicyclic) bond motifs is 10. The Morgan fingerprint density at radius 1 is 0.459 bits per heavy atom. The van der Waals surface area contributed by atoms with Gasteiger partial charge in [0.25, 0.3) is 0 Å².